The summed E-state index contributed by atoms with van der Waals surface area (Å²) in [6.07, 6.45) is 0. The Hall–Kier alpha value is 1.63. The normalized spacial score (nSPS) is 7.20. The van der Waals surface area contributed by atoms with Crippen LogP contribution < -0.4 is 8.40 Å². The van der Waals surface area contributed by atoms with Gasteiger partial charge < -0.3 is 8.40 Å². The van der Waals surface area contributed by atoms with Crippen molar-refractivity contribution >= 4 is 0 Å². The van der Waals surface area contributed by atoms with Crippen molar-refractivity contribution in [3.8, 4) is 0 Å². The van der Waals surface area contributed by atoms with E-state index < -0.39 is 14.8 Å². The second-order valence-electron chi connectivity index (χ2n) is 0.201. The van der Waals surface area contributed by atoms with E-state index in [4.69, 9.17) is 12.6 Å². The fraction of sp³-hybridized carbons (Fsp3) is 0. The van der Waals surface area contributed by atoms with Crippen LogP contribution in [0.4, 0.5) is 0 Å². The van der Waals surface area contributed by atoms with E-state index in [9.17, 15) is 0 Å². The van der Waals surface area contributed by atoms with Crippen LogP contribution in [0.15, 0.2) is 0 Å². The molecule has 3 nitrogen and oxygen atoms in total. The number of hydrogen-bond donors (Lipinski definition) is 1. The molecule has 0 aromatic rings. The van der Waals surface area contributed by atoms with Gasteiger partial charge in [0.2, 0.25) is 0 Å². The predicted molar refractivity (Wildman–Crippen MR) is 2.22 cm³/mol. The Morgan fingerprint density at radius 1 is 1.40 bits per heavy atom. The molecule has 0 aliphatic heterocycles. The molecule has 0 saturated heterocycles. The van der Waals surface area contributed by atoms with Crippen LogP contribution in [0.3, 0.4) is 0 Å². The maximum Gasteiger partial charge on any atom is 0.433 e. The zero-order chi connectivity index (χ0) is 3.58. The monoisotopic (exact) mass is 292 g/mol. The first-order valence-corrected chi connectivity index (χ1v) is 2.48. The Morgan fingerprint density at radius 3 is 1.40 bits per heavy atom. The second-order valence-corrected chi connectivity index (χ2v) is 1.04. The molecule has 0 amide bonds. The zero-order valence-corrected chi connectivity index (χ0v) is 5.57. The van der Waals surface area contributed by atoms with E-state index in [1.807, 2.05) is 0 Å². The molecule has 0 unspecified atom stereocenters. The number of halogens is 1. The third-order valence-corrected chi connectivity index (χ3v) is 0. The molecule has 0 spiro atoms. The third kappa shape index (κ3) is 27.9. The SMILES string of the molecule is [Dy].[O-][Br+2]([O-])O. The Bertz CT molecular complexity index is 11.6. The first kappa shape index (κ1) is 9.81. The maximum atomic E-state index is 8.63. The smallest absolute Gasteiger partial charge is 0.372 e. The number of hydrogen-bond acceptors (Lipinski definition) is 3. The fourth-order valence-electron chi connectivity index (χ4n) is 0. The molecule has 0 bridgehead atoms. The summed E-state index contributed by atoms with van der Waals surface area (Å²) in [6, 6.07) is 0. The zero-order valence-electron chi connectivity index (χ0n) is 1.96. The van der Waals surface area contributed by atoms with Crippen molar-refractivity contribution in [1.29, 1.82) is 0 Å². The van der Waals surface area contributed by atoms with Gasteiger partial charge in [0.1, 0.15) is 0 Å². The van der Waals surface area contributed by atoms with Crippen molar-refractivity contribution in [2.45, 2.75) is 0 Å². The summed E-state index contributed by atoms with van der Waals surface area (Å²) in [5.74, 6) is 0. The Kier molecular flexibility index (Phi) is 11.0. The molecule has 1 N–H and O–H groups in total. The minimum Gasteiger partial charge on any atom is -0.372 e. The average Bonchev–Trinajstić information content (AvgIpc) is 0.811. The van der Waals surface area contributed by atoms with Gasteiger partial charge in [-0.3, -0.25) is 0 Å². The van der Waals surface area contributed by atoms with E-state index >= 15 is 0 Å². The summed E-state index contributed by atoms with van der Waals surface area (Å²) < 4.78 is 24.3. The molecular weight excluding hydrogens is 290 g/mol. The second kappa shape index (κ2) is 5.63. The minimum absolute atomic E-state index is 0. The maximum absolute atomic E-state index is 8.63. The molecule has 0 saturated carbocycles. The van der Waals surface area contributed by atoms with Crippen LogP contribution in [0.2, 0.25) is 0 Å². The Labute approximate surface area is 64.8 Å². The van der Waals surface area contributed by atoms with E-state index in [-0.39, 0.29) is 38.2 Å². The summed E-state index contributed by atoms with van der Waals surface area (Å²) in [5.41, 5.74) is 0. The van der Waals surface area contributed by atoms with Crippen LogP contribution >= 0.6 is 0 Å². The van der Waals surface area contributed by atoms with Crippen LogP contribution in [-0.4, -0.2) is 4.20 Å². The van der Waals surface area contributed by atoms with E-state index in [1.54, 1.807) is 0 Å². The van der Waals surface area contributed by atoms with Gasteiger partial charge in [-0.15, -0.1) is 0 Å². The molecule has 0 rings (SSSR count). The molecule has 5 heavy (non-hydrogen) atoms. The molecule has 0 heterocycles. The first-order chi connectivity index (χ1) is 1.73. The summed E-state index contributed by atoms with van der Waals surface area (Å²) in [6.45, 7) is 0. The van der Waals surface area contributed by atoms with Crippen LogP contribution in [-0.2, 0) is 0 Å². The van der Waals surface area contributed by atoms with E-state index in [2.05, 4.69) is 0 Å². The van der Waals surface area contributed by atoms with Crippen LogP contribution in [0.1, 0.15) is 0 Å². The van der Waals surface area contributed by atoms with Crippen LogP contribution in [0.25, 0.3) is 0 Å². The van der Waals surface area contributed by atoms with Crippen molar-refractivity contribution in [3.05, 3.63) is 0 Å². The van der Waals surface area contributed by atoms with Gasteiger partial charge in [-0.25, -0.2) is 0 Å². The quantitative estimate of drug-likeness (QED) is 0.519. The van der Waals surface area contributed by atoms with Crippen molar-refractivity contribution in [2.24, 2.45) is 0 Å². The third-order valence-electron chi connectivity index (χ3n) is 0. The molecule has 0 aromatic heterocycles. The summed E-state index contributed by atoms with van der Waals surface area (Å²) in [7, 11) is 0. The molecular formula is HBrDyO3. The van der Waals surface area contributed by atoms with Gasteiger partial charge in [-0.05, 0) is 4.20 Å². The molecule has 36 valence electrons. The minimum atomic E-state index is -3.40. The average molecular weight is 291 g/mol. The largest absolute Gasteiger partial charge is 0.433 e. The van der Waals surface area contributed by atoms with Gasteiger partial charge in [-0.1, -0.05) is 0 Å². The standard InChI is InChI=1S/BrHO3.Dy/c2-1(3)4;/h2H;. The molecule has 5 heteroatoms. The van der Waals surface area contributed by atoms with Gasteiger partial charge in [0.15, 0.2) is 0 Å². The number of rotatable bonds is 0. The molecule has 0 aromatic carbocycles. The fourth-order valence-corrected chi connectivity index (χ4v) is 0. The molecule has 0 fully saturated rings. The summed E-state index contributed by atoms with van der Waals surface area (Å²) in [4.78, 5) is 0. The molecule has 0 aliphatic carbocycles. The molecule has 0 aliphatic rings. The summed E-state index contributed by atoms with van der Waals surface area (Å²) in [5, 5.41) is 0. The molecule has 0 radical (unpaired) electrons. The summed E-state index contributed by atoms with van der Waals surface area (Å²) >= 11 is -3.40. The van der Waals surface area contributed by atoms with E-state index in [1.165, 1.54) is 0 Å². The Balaban J connectivity index is 0. The van der Waals surface area contributed by atoms with Gasteiger partial charge in [0, 0.05) is 38.2 Å². The van der Waals surface area contributed by atoms with Crippen LogP contribution in [0.5, 0.6) is 0 Å². The topological polar surface area (TPSA) is 66.3 Å². The van der Waals surface area contributed by atoms with Gasteiger partial charge >= 0.3 is 14.8 Å². The predicted octanol–water partition coefficient (Wildman–Crippen LogP) is -2.94. The van der Waals surface area contributed by atoms with E-state index in [0.717, 1.165) is 0 Å². The van der Waals surface area contributed by atoms with Gasteiger partial charge in [-0.2, -0.15) is 0 Å². The van der Waals surface area contributed by atoms with E-state index in [0.29, 0.717) is 0 Å². The van der Waals surface area contributed by atoms with Crippen molar-refractivity contribution in [1.82, 2.24) is 0 Å². The Morgan fingerprint density at radius 2 is 1.40 bits per heavy atom. The van der Waals surface area contributed by atoms with Crippen molar-refractivity contribution in [2.75, 3.05) is 0 Å². The van der Waals surface area contributed by atoms with Gasteiger partial charge in [0.25, 0.3) is 0 Å². The molecule has 0 atom stereocenters. The van der Waals surface area contributed by atoms with Crippen LogP contribution in [0, 0.1) is 53.0 Å². The van der Waals surface area contributed by atoms with Gasteiger partial charge in [0.05, 0.1) is 0 Å². The van der Waals surface area contributed by atoms with Crippen molar-refractivity contribution in [3.63, 3.8) is 0 Å². The van der Waals surface area contributed by atoms with Crippen molar-refractivity contribution < 1.29 is 65.6 Å². The first-order valence-electron chi connectivity index (χ1n) is 0.478.